The van der Waals surface area contributed by atoms with Crippen LogP contribution in [0.1, 0.15) is 19.4 Å². The maximum absolute atomic E-state index is 13.0. The quantitative estimate of drug-likeness (QED) is 0.416. The molecule has 144 valence electrons. The van der Waals surface area contributed by atoms with Crippen molar-refractivity contribution in [1.29, 1.82) is 0 Å². The topological polar surface area (TPSA) is 52.7 Å². The van der Waals surface area contributed by atoms with E-state index in [1.54, 1.807) is 18.2 Å². The molecule has 0 saturated carbocycles. The van der Waals surface area contributed by atoms with E-state index in [0.717, 1.165) is 28.8 Å². The van der Waals surface area contributed by atoms with Crippen LogP contribution >= 0.6 is 28.1 Å². The maximum atomic E-state index is 13.0. The molecule has 0 aliphatic carbocycles. The normalized spacial score (nSPS) is 15.8. The number of thiocarbonyl (C=S) groups is 1. The van der Waals surface area contributed by atoms with Gasteiger partial charge in [0.1, 0.15) is 5.57 Å². The predicted molar refractivity (Wildman–Crippen MR) is 120 cm³/mol. The first-order chi connectivity index (χ1) is 13.4. The SMILES string of the molecule is CCN(CC)c1ccc(/C=C2/C(=O)NC(=S)N(c3ccc(Br)cc3)C2=O)cc1. The lowest BCUT2D eigenvalue weighted by Gasteiger charge is -2.29. The molecule has 1 aliphatic heterocycles. The first-order valence-electron chi connectivity index (χ1n) is 8.96. The molecule has 2 aromatic carbocycles. The molecule has 1 N–H and O–H groups in total. The van der Waals surface area contributed by atoms with E-state index in [4.69, 9.17) is 12.2 Å². The summed E-state index contributed by atoms with van der Waals surface area (Å²) in [5.41, 5.74) is 2.52. The summed E-state index contributed by atoms with van der Waals surface area (Å²) in [6.07, 6.45) is 1.59. The summed E-state index contributed by atoms with van der Waals surface area (Å²) in [6.45, 7) is 6.03. The molecular formula is C21H20BrN3O2S. The number of hydrogen-bond acceptors (Lipinski definition) is 4. The molecule has 7 heteroatoms. The van der Waals surface area contributed by atoms with E-state index >= 15 is 0 Å². The van der Waals surface area contributed by atoms with Crippen molar-refractivity contribution in [2.75, 3.05) is 22.9 Å². The Kier molecular flexibility index (Phi) is 6.26. The summed E-state index contributed by atoms with van der Waals surface area (Å²) in [5.74, 6) is -0.930. The molecule has 3 rings (SSSR count). The molecule has 0 bridgehead atoms. The third-order valence-electron chi connectivity index (χ3n) is 4.52. The Hall–Kier alpha value is -2.51. The van der Waals surface area contributed by atoms with E-state index < -0.39 is 11.8 Å². The van der Waals surface area contributed by atoms with Gasteiger partial charge < -0.3 is 4.90 Å². The van der Waals surface area contributed by atoms with Gasteiger partial charge in [0.05, 0.1) is 5.69 Å². The summed E-state index contributed by atoms with van der Waals surface area (Å²) in [4.78, 5) is 28.9. The van der Waals surface area contributed by atoms with Gasteiger partial charge in [-0.25, -0.2) is 0 Å². The molecule has 0 unspecified atom stereocenters. The summed E-state index contributed by atoms with van der Waals surface area (Å²) in [7, 11) is 0. The van der Waals surface area contributed by atoms with E-state index in [0.29, 0.717) is 5.69 Å². The Balaban J connectivity index is 1.91. The number of halogens is 1. The number of benzene rings is 2. The van der Waals surface area contributed by atoms with Crippen LogP contribution in [0.3, 0.4) is 0 Å². The second kappa shape index (κ2) is 8.67. The van der Waals surface area contributed by atoms with Crippen molar-refractivity contribution < 1.29 is 9.59 Å². The van der Waals surface area contributed by atoms with E-state index in [1.165, 1.54) is 4.90 Å². The molecule has 28 heavy (non-hydrogen) atoms. The number of amides is 2. The molecule has 0 atom stereocenters. The van der Waals surface area contributed by atoms with Crippen molar-refractivity contribution >= 4 is 62.5 Å². The minimum atomic E-state index is -0.490. The van der Waals surface area contributed by atoms with Gasteiger partial charge in [-0.3, -0.25) is 19.8 Å². The monoisotopic (exact) mass is 457 g/mol. The molecule has 2 amide bonds. The van der Waals surface area contributed by atoms with Gasteiger partial charge in [0.15, 0.2) is 5.11 Å². The Morgan fingerprint density at radius 1 is 1.04 bits per heavy atom. The zero-order chi connectivity index (χ0) is 20.3. The van der Waals surface area contributed by atoms with Gasteiger partial charge in [-0.2, -0.15) is 0 Å². The molecule has 0 aromatic heterocycles. The van der Waals surface area contributed by atoms with Gasteiger partial charge in [0, 0.05) is 23.2 Å². The van der Waals surface area contributed by atoms with Gasteiger partial charge >= 0.3 is 0 Å². The summed E-state index contributed by atoms with van der Waals surface area (Å²) in [6, 6.07) is 14.9. The smallest absolute Gasteiger partial charge is 0.270 e. The number of nitrogens with zero attached hydrogens (tertiary/aromatic N) is 2. The number of carbonyl (C=O) groups is 2. The fourth-order valence-corrected chi connectivity index (χ4v) is 3.56. The van der Waals surface area contributed by atoms with Crippen LogP contribution in [0.5, 0.6) is 0 Å². The Labute approximate surface area is 178 Å². The average Bonchev–Trinajstić information content (AvgIpc) is 2.68. The first kappa shape index (κ1) is 20.2. The van der Waals surface area contributed by atoms with Crippen molar-refractivity contribution in [2.45, 2.75) is 13.8 Å². The van der Waals surface area contributed by atoms with Crippen LogP contribution in [-0.2, 0) is 9.59 Å². The maximum Gasteiger partial charge on any atom is 0.270 e. The Bertz CT molecular complexity index is 935. The lowest BCUT2D eigenvalue weighted by Crippen LogP contribution is -2.54. The lowest BCUT2D eigenvalue weighted by atomic mass is 10.1. The Morgan fingerprint density at radius 3 is 2.21 bits per heavy atom. The van der Waals surface area contributed by atoms with Crippen LogP contribution in [0, 0.1) is 0 Å². The highest BCUT2D eigenvalue weighted by molar-refractivity contribution is 9.10. The van der Waals surface area contributed by atoms with Crippen molar-refractivity contribution in [2.24, 2.45) is 0 Å². The molecule has 5 nitrogen and oxygen atoms in total. The molecule has 1 heterocycles. The third kappa shape index (κ3) is 4.15. The van der Waals surface area contributed by atoms with E-state index in [1.807, 2.05) is 36.4 Å². The van der Waals surface area contributed by atoms with Crippen molar-refractivity contribution in [3.63, 3.8) is 0 Å². The highest BCUT2D eigenvalue weighted by atomic mass is 79.9. The minimum Gasteiger partial charge on any atom is -0.372 e. The highest BCUT2D eigenvalue weighted by Crippen LogP contribution is 2.24. The van der Waals surface area contributed by atoms with Crippen LogP contribution in [0.2, 0.25) is 0 Å². The minimum absolute atomic E-state index is 0.0482. The zero-order valence-electron chi connectivity index (χ0n) is 15.6. The van der Waals surface area contributed by atoms with Crippen LogP contribution < -0.4 is 15.1 Å². The van der Waals surface area contributed by atoms with Gasteiger partial charge in [-0.15, -0.1) is 0 Å². The number of nitrogens with one attached hydrogen (secondary N) is 1. The standard InChI is InChI=1S/C21H20BrN3O2S/c1-3-24(4-2)16-9-5-14(6-10-16)13-18-19(26)23-21(28)25(20(18)27)17-11-7-15(22)8-12-17/h5-13H,3-4H2,1-2H3,(H,23,26,28)/b18-13-. The molecule has 1 saturated heterocycles. The number of carbonyl (C=O) groups excluding carboxylic acids is 2. The van der Waals surface area contributed by atoms with E-state index in [2.05, 4.69) is 40.0 Å². The fourth-order valence-electron chi connectivity index (χ4n) is 3.02. The Morgan fingerprint density at radius 2 is 1.64 bits per heavy atom. The molecule has 0 radical (unpaired) electrons. The largest absolute Gasteiger partial charge is 0.372 e. The highest BCUT2D eigenvalue weighted by Gasteiger charge is 2.34. The van der Waals surface area contributed by atoms with Gasteiger partial charge in [0.25, 0.3) is 11.8 Å². The number of rotatable bonds is 5. The predicted octanol–water partition coefficient (Wildman–Crippen LogP) is 4.13. The van der Waals surface area contributed by atoms with Crippen molar-refractivity contribution in [3.8, 4) is 0 Å². The molecule has 0 spiro atoms. The van der Waals surface area contributed by atoms with E-state index in [-0.39, 0.29) is 10.7 Å². The van der Waals surface area contributed by atoms with Crippen LogP contribution in [0.25, 0.3) is 6.08 Å². The number of hydrogen-bond donors (Lipinski definition) is 1. The number of anilines is 2. The van der Waals surface area contributed by atoms with Crippen LogP contribution in [0.4, 0.5) is 11.4 Å². The molecule has 1 aliphatic rings. The van der Waals surface area contributed by atoms with E-state index in [9.17, 15) is 9.59 Å². The van der Waals surface area contributed by atoms with Gasteiger partial charge in [-0.05, 0) is 74.1 Å². The summed E-state index contributed by atoms with van der Waals surface area (Å²) in [5, 5.41) is 2.68. The van der Waals surface area contributed by atoms with Gasteiger partial charge in [0.2, 0.25) is 0 Å². The molecular weight excluding hydrogens is 438 g/mol. The summed E-state index contributed by atoms with van der Waals surface area (Å²) >= 11 is 8.59. The summed E-state index contributed by atoms with van der Waals surface area (Å²) < 4.78 is 0.889. The van der Waals surface area contributed by atoms with Crippen molar-refractivity contribution in [3.05, 3.63) is 64.1 Å². The first-order valence-corrected chi connectivity index (χ1v) is 10.2. The second-order valence-electron chi connectivity index (χ2n) is 6.20. The fraction of sp³-hybridized carbons (Fsp3) is 0.190. The lowest BCUT2D eigenvalue weighted by molar-refractivity contribution is -0.122. The third-order valence-corrected chi connectivity index (χ3v) is 5.33. The molecule has 1 fully saturated rings. The molecule has 2 aromatic rings. The zero-order valence-corrected chi connectivity index (χ0v) is 18.0. The van der Waals surface area contributed by atoms with Crippen LogP contribution in [0.15, 0.2) is 58.6 Å². The van der Waals surface area contributed by atoms with Gasteiger partial charge in [-0.1, -0.05) is 28.1 Å². The second-order valence-corrected chi connectivity index (χ2v) is 7.50. The average molecular weight is 458 g/mol. The van der Waals surface area contributed by atoms with Crippen molar-refractivity contribution in [1.82, 2.24) is 5.32 Å². The van der Waals surface area contributed by atoms with Crippen LogP contribution in [-0.4, -0.2) is 30.0 Å².